The van der Waals surface area contributed by atoms with E-state index < -0.39 is 6.10 Å². The second-order valence-electron chi connectivity index (χ2n) is 3.45. The van der Waals surface area contributed by atoms with E-state index in [9.17, 15) is 5.11 Å². The maximum Gasteiger partial charge on any atom is 0.203 e. The maximum absolute atomic E-state index is 9.26. The third-order valence-electron chi connectivity index (χ3n) is 2.04. The Bertz CT molecular complexity index is 465. The summed E-state index contributed by atoms with van der Waals surface area (Å²) in [5.41, 5.74) is 1.97. The van der Waals surface area contributed by atoms with Crippen LogP contribution in [0.25, 0.3) is 5.69 Å². The minimum atomic E-state index is -0.691. The van der Waals surface area contributed by atoms with E-state index in [1.165, 1.54) is 4.80 Å². The van der Waals surface area contributed by atoms with Crippen LogP contribution in [0.1, 0.15) is 38.3 Å². The fraction of sp³-hybridized carbons (Fsp3) is 0.417. The number of benzene rings is 1. The summed E-state index contributed by atoms with van der Waals surface area (Å²) >= 11 is 0. The van der Waals surface area contributed by atoms with Gasteiger partial charge in [0.15, 0.2) is 0 Å². The van der Waals surface area contributed by atoms with Gasteiger partial charge in [-0.2, -0.15) is 0 Å². The molecule has 5 heteroatoms. The minimum absolute atomic E-state index is 0.330. The lowest BCUT2D eigenvalue weighted by atomic mass is 10.2. The van der Waals surface area contributed by atoms with Crippen molar-refractivity contribution in [2.45, 2.75) is 33.8 Å². The third kappa shape index (κ3) is 3.35. The fourth-order valence-corrected chi connectivity index (χ4v) is 1.25. The molecule has 2 rings (SSSR count). The first kappa shape index (κ1) is 13.3. The van der Waals surface area contributed by atoms with Gasteiger partial charge in [0.1, 0.15) is 6.10 Å². The second kappa shape index (κ2) is 6.10. The Morgan fingerprint density at radius 1 is 1.29 bits per heavy atom. The average Bonchev–Trinajstić information content (AvgIpc) is 2.81. The molecule has 0 aliphatic rings. The Balaban J connectivity index is 0.000000686. The molecule has 1 N–H and O–H groups in total. The van der Waals surface area contributed by atoms with Crippen molar-refractivity contribution in [3.05, 3.63) is 35.7 Å². The van der Waals surface area contributed by atoms with Crippen LogP contribution >= 0.6 is 0 Å². The van der Waals surface area contributed by atoms with Gasteiger partial charge in [-0.3, -0.25) is 0 Å². The predicted molar refractivity (Wildman–Crippen MR) is 65.9 cm³/mol. The number of aliphatic hydroxyl groups is 1. The van der Waals surface area contributed by atoms with Crippen molar-refractivity contribution in [2.75, 3.05) is 0 Å². The summed E-state index contributed by atoms with van der Waals surface area (Å²) in [4.78, 5) is 1.41. The van der Waals surface area contributed by atoms with Crippen molar-refractivity contribution in [1.82, 2.24) is 20.2 Å². The molecule has 1 unspecified atom stereocenters. The molecule has 0 fully saturated rings. The lowest BCUT2D eigenvalue weighted by molar-refractivity contribution is 0.188. The fourth-order valence-electron chi connectivity index (χ4n) is 1.25. The van der Waals surface area contributed by atoms with Gasteiger partial charge in [0, 0.05) is 0 Å². The molecule has 1 aromatic heterocycles. The summed E-state index contributed by atoms with van der Waals surface area (Å²) < 4.78 is 0. The summed E-state index contributed by atoms with van der Waals surface area (Å²) in [6.07, 6.45) is -0.691. The quantitative estimate of drug-likeness (QED) is 0.863. The number of aryl methyl sites for hydroxylation is 1. The zero-order valence-corrected chi connectivity index (χ0v) is 10.6. The highest BCUT2D eigenvalue weighted by molar-refractivity contribution is 5.32. The molecule has 0 aliphatic heterocycles. The van der Waals surface area contributed by atoms with Gasteiger partial charge in [-0.05, 0) is 36.8 Å². The minimum Gasteiger partial charge on any atom is -0.385 e. The normalized spacial score (nSPS) is 11.6. The molecule has 2 aromatic rings. The van der Waals surface area contributed by atoms with Crippen molar-refractivity contribution < 1.29 is 5.11 Å². The highest BCUT2D eigenvalue weighted by Gasteiger charge is 2.09. The lowest BCUT2D eigenvalue weighted by Crippen LogP contribution is -2.00. The van der Waals surface area contributed by atoms with Crippen molar-refractivity contribution in [1.29, 1.82) is 0 Å². The van der Waals surface area contributed by atoms with E-state index in [2.05, 4.69) is 15.4 Å². The molecular weight excluding hydrogens is 216 g/mol. The Labute approximate surface area is 101 Å². The smallest absolute Gasteiger partial charge is 0.203 e. The number of aromatic nitrogens is 4. The van der Waals surface area contributed by atoms with E-state index in [1.807, 2.05) is 45.0 Å². The highest BCUT2D eigenvalue weighted by atomic mass is 16.3. The highest BCUT2D eigenvalue weighted by Crippen LogP contribution is 2.09. The number of aliphatic hydroxyl groups excluding tert-OH is 1. The van der Waals surface area contributed by atoms with E-state index in [4.69, 9.17) is 0 Å². The van der Waals surface area contributed by atoms with Gasteiger partial charge in [0.2, 0.25) is 5.82 Å². The van der Waals surface area contributed by atoms with E-state index in [-0.39, 0.29) is 0 Å². The number of tetrazole rings is 1. The Hall–Kier alpha value is -1.75. The second-order valence-corrected chi connectivity index (χ2v) is 3.45. The Morgan fingerprint density at radius 3 is 2.53 bits per heavy atom. The van der Waals surface area contributed by atoms with Crippen molar-refractivity contribution in [2.24, 2.45) is 0 Å². The van der Waals surface area contributed by atoms with E-state index in [0.717, 1.165) is 11.3 Å². The van der Waals surface area contributed by atoms with E-state index in [1.54, 1.807) is 6.92 Å². The number of hydrogen-bond donors (Lipinski definition) is 1. The first-order chi connectivity index (χ1) is 8.16. The van der Waals surface area contributed by atoms with Gasteiger partial charge in [0.25, 0.3) is 0 Å². The SMILES string of the molecule is CC.Cc1cccc(-n2nnc(C(C)O)n2)c1. The maximum atomic E-state index is 9.26. The van der Waals surface area contributed by atoms with Crippen molar-refractivity contribution >= 4 is 0 Å². The lowest BCUT2D eigenvalue weighted by Gasteiger charge is -1.99. The van der Waals surface area contributed by atoms with Crippen molar-refractivity contribution in [3.8, 4) is 5.69 Å². The van der Waals surface area contributed by atoms with Gasteiger partial charge >= 0.3 is 0 Å². The molecule has 0 bridgehead atoms. The molecule has 0 amide bonds. The largest absolute Gasteiger partial charge is 0.385 e. The molecule has 1 aromatic carbocycles. The molecule has 0 saturated carbocycles. The number of hydrogen-bond acceptors (Lipinski definition) is 4. The Morgan fingerprint density at radius 2 is 2.00 bits per heavy atom. The summed E-state index contributed by atoms with van der Waals surface area (Å²) in [7, 11) is 0. The van der Waals surface area contributed by atoms with Gasteiger partial charge in [0.05, 0.1) is 5.69 Å². The zero-order valence-electron chi connectivity index (χ0n) is 10.6. The van der Waals surface area contributed by atoms with Gasteiger partial charge in [-0.1, -0.05) is 26.0 Å². The first-order valence-electron chi connectivity index (χ1n) is 5.72. The first-order valence-corrected chi connectivity index (χ1v) is 5.72. The molecule has 0 radical (unpaired) electrons. The summed E-state index contributed by atoms with van der Waals surface area (Å²) in [6, 6.07) is 7.76. The van der Waals surface area contributed by atoms with E-state index >= 15 is 0 Å². The molecule has 1 heterocycles. The van der Waals surface area contributed by atoms with Crippen LogP contribution in [0.5, 0.6) is 0 Å². The molecular formula is C12H18N4O. The molecule has 17 heavy (non-hydrogen) atoms. The summed E-state index contributed by atoms with van der Waals surface area (Å²) in [5.74, 6) is 0.330. The molecule has 1 atom stereocenters. The monoisotopic (exact) mass is 234 g/mol. The van der Waals surface area contributed by atoms with Crippen LogP contribution in [0, 0.1) is 6.92 Å². The van der Waals surface area contributed by atoms with Crippen LogP contribution in [0.2, 0.25) is 0 Å². The third-order valence-corrected chi connectivity index (χ3v) is 2.04. The number of nitrogens with zero attached hydrogens (tertiary/aromatic N) is 4. The van der Waals surface area contributed by atoms with Crippen molar-refractivity contribution in [3.63, 3.8) is 0 Å². The van der Waals surface area contributed by atoms with Crippen LogP contribution in [-0.4, -0.2) is 25.3 Å². The topological polar surface area (TPSA) is 63.8 Å². The van der Waals surface area contributed by atoms with Crippen LogP contribution in [0.15, 0.2) is 24.3 Å². The predicted octanol–water partition coefficient (Wildman–Crippen LogP) is 2.05. The summed E-state index contributed by atoms with van der Waals surface area (Å²) in [6.45, 7) is 7.60. The van der Waals surface area contributed by atoms with Gasteiger partial charge < -0.3 is 5.11 Å². The molecule has 0 spiro atoms. The zero-order chi connectivity index (χ0) is 12.8. The molecule has 92 valence electrons. The van der Waals surface area contributed by atoms with Crippen LogP contribution in [0.4, 0.5) is 0 Å². The summed E-state index contributed by atoms with van der Waals surface area (Å²) in [5, 5.41) is 20.9. The number of rotatable bonds is 2. The molecule has 5 nitrogen and oxygen atoms in total. The van der Waals surface area contributed by atoms with Crippen LogP contribution in [0.3, 0.4) is 0 Å². The average molecular weight is 234 g/mol. The van der Waals surface area contributed by atoms with E-state index in [0.29, 0.717) is 5.82 Å². The van der Waals surface area contributed by atoms with Crippen LogP contribution < -0.4 is 0 Å². The standard InChI is InChI=1S/C10H12N4O.C2H6/c1-7-4-3-5-9(6-7)14-12-10(8(2)15)11-13-14;1-2/h3-6,8,15H,1-2H3;1-2H3. The van der Waals surface area contributed by atoms with Gasteiger partial charge in [-0.15, -0.1) is 15.0 Å². The van der Waals surface area contributed by atoms with Crippen LogP contribution in [-0.2, 0) is 0 Å². The Kier molecular flexibility index (Phi) is 4.78. The molecule has 0 saturated heterocycles. The molecule has 0 aliphatic carbocycles. The van der Waals surface area contributed by atoms with Gasteiger partial charge in [-0.25, -0.2) is 0 Å².